The fourth-order valence-corrected chi connectivity index (χ4v) is 2.88. The highest BCUT2D eigenvalue weighted by atomic mass is 32.1. The highest BCUT2D eigenvalue weighted by Crippen LogP contribution is 2.22. The first-order valence-corrected chi connectivity index (χ1v) is 7.80. The molecule has 0 aliphatic heterocycles. The van der Waals surface area contributed by atoms with Crippen LogP contribution >= 0.6 is 11.3 Å². The minimum atomic E-state index is 0.0706. The molecule has 0 fully saturated rings. The van der Waals surface area contributed by atoms with Crippen LogP contribution in [0, 0.1) is 24.7 Å². The summed E-state index contributed by atoms with van der Waals surface area (Å²) in [4.78, 5) is 16.0. The minimum absolute atomic E-state index is 0.0706. The summed E-state index contributed by atoms with van der Waals surface area (Å²) in [7, 11) is 0. The van der Waals surface area contributed by atoms with E-state index in [4.69, 9.17) is 5.11 Å². The summed E-state index contributed by atoms with van der Waals surface area (Å²) in [5.74, 6) is 6.48. The summed E-state index contributed by atoms with van der Waals surface area (Å²) in [6, 6.07) is 1.92. The molecule has 0 atom stereocenters. The van der Waals surface area contributed by atoms with Crippen molar-refractivity contribution >= 4 is 17.2 Å². The van der Waals surface area contributed by atoms with Gasteiger partial charge in [-0.1, -0.05) is 25.7 Å². The highest BCUT2D eigenvalue weighted by Gasteiger charge is 2.18. The van der Waals surface area contributed by atoms with Crippen molar-refractivity contribution in [3.8, 4) is 11.8 Å². The van der Waals surface area contributed by atoms with Gasteiger partial charge in [0.1, 0.15) is 0 Å². The first-order valence-electron chi connectivity index (χ1n) is 6.99. The van der Waals surface area contributed by atoms with Crippen molar-refractivity contribution in [3.63, 3.8) is 0 Å². The molecule has 4 heteroatoms. The molecule has 0 radical (unpaired) electrons. The van der Waals surface area contributed by atoms with Crippen molar-refractivity contribution in [1.29, 1.82) is 0 Å². The summed E-state index contributed by atoms with van der Waals surface area (Å²) in [5, 5.41) is 8.74. The van der Waals surface area contributed by atoms with Gasteiger partial charge in [-0.15, -0.1) is 11.3 Å². The molecule has 1 amide bonds. The van der Waals surface area contributed by atoms with Gasteiger partial charge < -0.3 is 10.0 Å². The molecule has 1 aromatic heterocycles. The number of carbonyl (C=O) groups is 1. The van der Waals surface area contributed by atoms with E-state index in [1.54, 1.807) is 0 Å². The van der Waals surface area contributed by atoms with Crippen LogP contribution in [0.25, 0.3) is 0 Å². The highest BCUT2D eigenvalue weighted by molar-refractivity contribution is 7.14. The third-order valence-electron chi connectivity index (χ3n) is 2.82. The summed E-state index contributed by atoms with van der Waals surface area (Å²) in [5.41, 5.74) is 1.03. The van der Waals surface area contributed by atoms with Crippen molar-refractivity contribution in [3.05, 3.63) is 21.4 Å². The molecule has 1 N–H and O–H groups in total. The topological polar surface area (TPSA) is 40.5 Å². The zero-order chi connectivity index (χ0) is 15.1. The number of carbonyl (C=O) groups excluding carboxylic acids is 1. The Morgan fingerprint density at radius 1 is 1.50 bits per heavy atom. The van der Waals surface area contributed by atoms with Crippen LogP contribution in [0.4, 0.5) is 0 Å². The smallest absolute Gasteiger partial charge is 0.263 e. The lowest BCUT2D eigenvalue weighted by molar-refractivity contribution is 0.0750. The minimum Gasteiger partial charge on any atom is -0.395 e. The average molecular weight is 293 g/mol. The SMILES string of the molecule is CCN(CC(C)C)C(=O)c1cc(C)c(C#CCCO)s1. The molecule has 0 aliphatic rings. The first-order chi connectivity index (χ1) is 9.49. The van der Waals surface area contributed by atoms with E-state index in [-0.39, 0.29) is 12.5 Å². The molecule has 0 bridgehead atoms. The summed E-state index contributed by atoms with van der Waals surface area (Å²) < 4.78 is 0. The number of thiophene rings is 1. The maximum Gasteiger partial charge on any atom is 0.263 e. The number of nitrogens with zero attached hydrogens (tertiary/aromatic N) is 1. The third kappa shape index (κ3) is 4.66. The van der Waals surface area contributed by atoms with Crippen LogP contribution in [0.3, 0.4) is 0 Å². The van der Waals surface area contributed by atoms with Crippen molar-refractivity contribution in [2.45, 2.75) is 34.1 Å². The molecule has 20 heavy (non-hydrogen) atoms. The lowest BCUT2D eigenvalue weighted by atomic mass is 10.2. The Morgan fingerprint density at radius 3 is 2.75 bits per heavy atom. The number of aryl methyl sites for hydroxylation is 1. The largest absolute Gasteiger partial charge is 0.395 e. The predicted octanol–water partition coefficient (Wildman–Crippen LogP) is 2.91. The summed E-state index contributed by atoms with van der Waals surface area (Å²) in [6.07, 6.45) is 0.467. The lowest BCUT2D eigenvalue weighted by Gasteiger charge is -2.22. The van der Waals surface area contributed by atoms with Gasteiger partial charge in [0.05, 0.1) is 16.4 Å². The predicted molar refractivity (Wildman–Crippen MR) is 84.1 cm³/mol. The standard InChI is InChI=1S/C16H23NO2S/c1-5-17(11-12(2)3)16(19)15-10-13(4)14(20-15)8-6-7-9-18/h10,12,18H,5,7,9,11H2,1-4H3. The molecular formula is C16H23NO2S. The molecule has 1 rings (SSSR count). The van der Waals surface area contributed by atoms with E-state index in [0.29, 0.717) is 12.3 Å². The molecule has 0 saturated heterocycles. The Balaban J connectivity index is 2.89. The van der Waals surface area contributed by atoms with Gasteiger partial charge in [0, 0.05) is 19.5 Å². The second-order valence-corrected chi connectivity index (χ2v) is 6.19. The van der Waals surface area contributed by atoms with E-state index < -0.39 is 0 Å². The van der Waals surface area contributed by atoms with Crippen LogP contribution in [0.1, 0.15) is 47.3 Å². The number of rotatable bonds is 5. The van der Waals surface area contributed by atoms with Gasteiger partial charge in [-0.2, -0.15) is 0 Å². The molecular weight excluding hydrogens is 270 g/mol. The van der Waals surface area contributed by atoms with Crippen LogP contribution in [0.5, 0.6) is 0 Å². The normalized spacial score (nSPS) is 10.3. The molecule has 1 heterocycles. The quantitative estimate of drug-likeness (QED) is 0.848. The lowest BCUT2D eigenvalue weighted by Crippen LogP contribution is -2.33. The Hall–Kier alpha value is -1.31. The van der Waals surface area contributed by atoms with Gasteiger partial charge in [-0.05, 0) is 31.4 Å². The Labute approximate surface area is 125 Å². The van der Waals surface area contributed by atoms with E-state index in [0.717, 1.165) is 28.4 Å². The fourth-order valence-electron chi connectivity index (χ4n) is 1.86. The second-order valence-electron chi connectivity index (χ2n) is 5.14. The Kier molecular flexibility index (Phi) is 6.77. The van der Waals surface area contributed by atoms with Crippen LogP contribution in [-0.4, -0.2) is 35.6 Å². The zero-order valence-corrected chi connectivity index (χ0v) is 13.5. The van der Waals surface area contributed by atoms with Crippen molar-refractivity contribution in [2.75, 3.05) is 19.7 Å². The zero-order valence-electron chi connectivity index (χ0n) is 12.7. The maximum atomic E-state index is 12.5. The average Bonchev–Trinajstić information content (AvgIpc) is 2.77. The Bertz CT molecular complexity index is 508. The van der Waals surface area contributed by atoms with Crippen molar-refractivity contribution in [1.82, 2.24) is 4.90 Å². The Morgan fingerprint density at radius 2 is 2.20 bits per heavy atom. The van der Waals surface area contributed by atoms with Crippen LogP contribution in [0.2, 0.25) is 0 Å². The van der Waals surface area contributed by atoms with E-state index in [9.17, 15) is 4.79 Å². The molecule has 0 unspecified atom stereocenters. The second kappa shape index (κ2) is 8.08. The first kappa shape index (κ1) is 16.7. The molecule has 0 aromatic carbocycles. The van der Waals surface area contributed by atoms with Crippen LogP contribution in [0.15, 0.2) is 6.07 Å². The van der Waals surface area contributed by atoms with Gasteiger partial charge in [0.25, 0.3) is 5.91 Å². The van der Waals surface area contributed by atoms with E-state index in [2.05, 4.69) is 25.7 Å². The number of aliphatic hydroxyl groups is 1. The van der Waals surface area contributed by atoms with Gasteiger partial charge in [0.15, 0.2) is 0 Å². The molecule has 1 aromatic rings. The number of hydrogen-bond acceptors (Lipinski definition) is 3. The number of hydrogen-bond donors (Lipinski definition) is 1. The van der Waals surface area contributed by atoms with Crippen molar-refractivity contribution in [2.24, 2.45) is 5.92 Å². The van der Waals surface area contributed by atoms with Crippen LogP contribution < -0.4 is 0 Å². The number of aliphatic hydroxyl groups excluding tert-OH is 1. The molecule has 0 spiro atoms. The maximum absolute atomic E-state index is 12.5. The van der Waals surface area contributed by atoms with E-state index in [1.807, 2.05) is 24.8 Å². The van der Waals surface area contributed by atoms with Crippen LogP contribution in [-0.2, 0) is 0 Å². The third-order valence-corrected chi connectivity index (χ3v) is 3.96. The fraction of sp³-hybridized carbons (Fsp3) is 0.562. The monoisotopic (exact) mass is 293 g/mol. The summed E-state index contributed by atoms with van der Waals surface area (Å²) in [6.45, 7) is 9.76. The van der Waals surface area contributed by atoms with Gasteiger partial charge in [0.2, 0.25) is 0 Å². The molecule has 3 nitrogen and oxygen atoms in total. The molecule has 110 valence electrons. The van der Waals surface area contributed by atoms with Crippen molar-refractivity contribution < 1.29 is 9.90 Å². The van der Waals surface area contributed by atoms with E-state index >= 15 is 0 Å². The van der Waals surface area contributed by atoms with E-state index in [1.165, 1.54) is 11.3 Å². The number of amides is 1. The van der Waals surface area contributed by atoms with Gasteiger partial charge >= 0.3 is 0 Å². The van der Waals surface area contributed by atoms with Gasteiger partial charge in [-0.25, -0.2) is 0 Å². The van der Waals surface area contributed by atoms with Gasteiger partial charge in [-0.3, -0.25) is 4.79 Å². The molecule has 0 saturated carbocycles. The molecule has 0 aliphatic carbocycles. The summed E-state index contributed by atoms with van der Waals surface area (Å²) >= 11 is 1.44.